The van der Waals surface area contributed by atoms with Gasteiger partial charge in [-0.2, -0.15) is 0 Å². The van der Waals surface area contributed by atoms with Crippen molar-refractivity contribution in [2.24, 2.45) is 5.14 Å². The summed E-state index contributed by atoms with van der Waals surface area (Å²) in [7, 11) is -3.93. The minimum atomic E-state index is -3.93. The average molecular weight is 236 g/mol. The summed E-state index contributed by atoms with van der Waals surface area (Å²) in [5.74, 6) is -0.497. The van der Waals surface area contributed by atoms with Crippen LogP contribution in [-0.2, 0) is 10.0 Å². The van der Waals surface area contributed by atoms with Gasteiger partial charge in [0.25, 0.3) is 0 Å². The van der Waals surface area contributed by atoms with Crippen LogP contribution in [0.4, 0.5) is 0 Å². The predicted octanol–water partition coefficient (Wildman–Crippen LogP) is 0.532. The maximum absolute atomic E-state index is 11.6. The van der Waals surface area contributed by atoms with E-state index in [1.54, 1.807) is 12.1 Å². The molecule has 0 saturated heterocycles. The molecule has 0 heterocycles. The summed E-state index contributed by atoms with van der Waals surface area (Å²) in [6, 6.07) is 6.19. The second-order valence-electron chi connectivity index (χ2n) is 3.34. The van der Waals surface area contributed by atoms with Gasteiger partial charge in [0.05, 0.1) is 4.91 Å². The molecule has 0 aromatic heterocycles. The molecule has 1 aliphatic carbocycles. The molecular weight excluding hydrogens is 228 g/mol. The van der Waals surface area contributed by atoms with Gasteiger partial charge in [-0.25, -0.2) is 13.6 Å². The summed E-state index contributed by atoms with van der Waals surface area (Å²) in [5.41, 5.74) is 0.0766. The zero-order chi connectivity index (χ0) is 11.9. The van der Waals surface area contributed by atoms with E-state index in [0.29, 0.717) is 0 Å². The molecule has 1 aromatic carbocycles. The van der Waals surface area contributed by atoms with E-state index in [0.717, 1.165) is 6.08 Å². The molecule has 0 spiro atoms. The van der Waals surface area contributed by atoms with Crippen LogP contribution in [0.2, 0.25) is 0 Å². The Balaban J connectivity index is 2.80. The van der Waals surface area contributed by atoms with Gasteiger partial charge >= 0.3 is 0 Å². The Morgan fingerprint density at radius 2 is 1.69 bits per heavy atom. The van der Waals surface area contributed by atoms with Crippen molar-refractivity contribution in [3.63, 3.8) is 0 Å². The monoisotopic (exact) mass is 236 g/mol. The number of nitrogens with one attached hydrogen (secondary N) is 1. The minimum absolute atomic E-state index is 0.187. The number of carbonyl (C=O) groups is 1. The number of fused-ring (bicyclic) bond motifs is 1. The second kappa shape index (κ2) is 3.36. The fraction of sp³-hybridized carbons (Fsp3) is 0. The summed E-state index contributed by atoms with van der Waals surface area (Å²) in [6.45, 7) is 0. The van der Waals surface area contributed by atoms with Gasteiger partial charge in [0.15, 0.2) is 0 Å². The highest BCUT2D eigenvalue weighted by Crippen LogP contribution is 2.27. The SMILES string of the molecule is N=C1C=C(S(N)(=O)=O)c2ccccc2C1=O. The lowest BCUT2D eigenvalue weighted by Gasteiger charge is -2.15. The molecule has 82 valence electrons. The summed E-state index contributed by atoms with van der Waals surface area (Å²) < 4.78 is 22.6. The lowest BCUT2D eigenvalue weighted by molar-refractivity contribution is 0.106. The molecule has 1 aliphatic rings. The molecule has 5 nitrogen and oxygen atoms in total. The van der Waals surface area contributed by atoms with E-state index in [1.807, 2.05) is 0 Å². The molecular formula is C10H8N2O3S. The van der Waals surface area contributed by atoms with Crippen LogP contribution in [0, 0.1) is 5.41 Å². The topological polar surface area (TPSA) is 101 Å². The van der Waals surface area contributed by atoms with Crippen molar-refractivity contribution in [3.8, 4) is 0 Å². The first-order valence-corrected chi connectivity index (χ1v) is 5.93. The first-order chi connectivity index (χ1) is 7.41. The molecule has 0 saturated carbocycles. The third-order valence-corrected chi connectivity index (χ3v) is 3.21. The van der Waals surface area contributed by atoms with Crippen LogP contribution in [0.3, 0.4) is 0 Å². The number of sulfonamides is 1. The van der Waals surface area contributed by atoms with Gasteiger partial charge in [-0.15, -0.1) is 0 Å². The standard InChI is InChI=1S/C10H8N2O3S/c11-8-5-9(16(12,14)15)6-3-1-2-4-7(6)10(8)13/h1-5,11H,(H2,12,14,15). The van der Waals surface area contributed by atoms with Crippen LogP contribution >= 0.6 is 0 Å². The number of primary sulfonamides is 1. The zero-order valence-electron chi connectivity index (χ0n) is 8.10. The molecule has 3 N–H and O–H groups in total. The van der Waals surface area contributed by atoms with Crippen molar-refractivity contribution in [2.75, 3.05) is 0 Å². The Morgan fingerprint density at radius 3 is 2.25 bits per heavy atom. The molecule has 6 heteroatoms. The molecule has 2 rings (SSSR count). The van der Waals surface area contributed by atoms with Crippen molar-refractivity contribution in [2.45, 2.75) is 0 Å². The number of ketones is 1. The Kier molecular flexibility index (Phi) is 2.25. The quantitative estimate of drug-likeness (QED) is 0.743. The van der Waals surface area contributed by atoms with Crippen LogP contribution in [0.5, 0.6) is 0 Å². The highest BCUT2D eigenvalue weighted by Gasteiger charge is 2.27. The Morgan fingerprint density at radius 1 is 1.12 bits per heavy atom. The number of Topliss-reactive ketones (excluding diaryl/α,β-unsaturated/α-hetero) is 1. The minimum Gasteiger partial charge on any atom is -0.297 e. The Hall–Kier alpha value is -1.79. The molecule has 0 radical (unpaired) electrons. The predicted molar refractivity (Wildman–Crippen MR) is 59.6 cm³/mol. The normalized spacial score (nSPS) is 15.7. The molecule has 0 aliphatic heterocycles. The van der Waals surface area contributed by atoms with E-state index in [4.69, 9.17) is 10.5 Å². The van der Waals surface area contributed by atoms with E-state index in [9.17, 15) is 13.2 Å². The van der Waals surface area contributed by atoms with Gasteiger partial charge < -0.3 is 0 Å². The number of hydrogen-bond donors (Lipinski definition) is 2. The number of nitrogens with two attached hydrogens (primary N) is 1. The van der Waals surface area contributed by atoms with Gasteiger partial charge in [0, 0.05) is 11.1 Å². The van der Waals surface area contributed by atoms with Crippen molar-refractivity contribution < 1.29 is 13.2 Å². The molecule has 0 atom stereocenters. The van der Waals surface area contributed by atoms with Gasteiger partial charge in [0.1, 0.15) is 5.71 Å². The Bertz CT molecular complexity index is 629. The summed E-state index contributed by atoms with van der Waals surface area (Å²) in [6.07, 6.45) is 0.986. The largest absolute Gasteiger partial charge is 0.297 e. The summed E-state index contributed by atoms with van der Waals surface area (Å²) >= 11 is 0. The van der Waals surface area contributed by atoms with Crippen molar-refractivity contribution >= 4 is 26.4 Å². The van der Waals surface area contributed by atoms with Gasteiger partial charge in [-0.1, -0.05) is 24.3 Å². The average Bonchev–Trinajstić information content (AvgIpc) is 2.22. The number of allylic oxidation sites excluding steroid dienone is 1. The fourth-order valence-corrected chi connectivity index (χ4v) is 2.32. The molecule has 0 fully saturated rings. The van der Waals surface area contributed by atoms with Crippen LogP contribution in [0.1, 0.15) is 15.9 Å². The highest BCUT2D eigenvalue weighted by molar-refractivity contribution is 7.98. The molecule has 0 amide bonds. The first kappa shape index (κ1) is 10.7. The number of hydrogen-bond acceptors (Lipinski definition) is 4. The first-order valence-electron chi connectivity index (χ1n) is 4.38. The number of rotatable bonds is 1. The Labute approximate surface area is 92.1 Å². The van der Waals surface area contributed by atoms with Gasteiger partial charge in [-0.05, 0) is 6.08 Å². The van der Waals surface area contributed by atoms with E-state index >= 15 is 0 Å². The van der Waals surface area contributed by atoms with Gasteiger partial charge in [0.2, 0.25) is 15.8 Å². The van der Waals surface area contributed by atoms with E-state index in [2.05, 4.69) is 0 Å². The van der Waals surface area contributed by atoms with Crippen LogP contribution in [0.25, 0.3) is 4.91 Å². The second-order valence-corrected chi connectivity index (χ2v) is 4.87. The number of carbonyl (C=O) groups excluding carboxylic acids is 1. The molecule has 16 heavy (non-hydrogen) atoms. The summed E-state index contributed by atoms with van der Waals surface area (Å²) in [5, 5.41) is 12.4. The number of benzene rings is 1. The zero-order valence-corrected chi connectivity index (χ0v) is 8.91. The van der Waals surface area contributed by atoms with E-state index in [1.165, 1.54) is 12.1 Å². The molecule has 0 unspecified atom stereocenters. The lowest BCUT2D eigenvalue weighted by atomic mass is 9.95. The van der Waals surface area contributed by atoms with E-state index in [-0.39, 0.29) is 21.7 Å². The van der Waals surface area contributed by atoms with Crippen LogP contribution in [0.15, 0.2) is 30.3 Å². The van der Waals surface area contributed by atoms with Crippen LogP contribution < -0.4 is 5.14 Å². The maximum atomic E-state index is 11.6. The highest BCUT2D eigenvalue weighted by atomic mass is 32.2. The fourth-order valence-electron chi connectivity index (χ4n) is 1.55. The third kappa shape index (κ3) is 1.58. The van der Waals surface area contributed by atoms with Crippen molar-refractivity contribution in [1.29, 1.82) is 5.41 Å². The van der Waals surface area contributed by atoms with Crippen molar-refractivity contribution in [1.82, 2.24) is 0 Å². The third-order valence-electron chi connectivity index (χ3n) is 2.26. The smallest absolute Gasteiger partial charge is 0.238 e. The molecule has 1 aromatic rings. The maximum Gasteiger partial charge on any atom is 0.238 e. The van der Waals surface area contributed by atoms with E-state index < -0.39 is 15.8 Å². The van der Waals surface area contributed by atoms with Crippen molar-refractivity contribution in [3.05, 3.63) is 41.5 Å². The van der Waals surface area contributed by atoms with Crippen LogP contribution in [-0.4, -0.2) is 19.9 Å². The lowest BCUT2D eigenvalue weighted by Crippen LogP contribution is -2.24. The summed E-state index contributed by atoms with van der Waals surface area (Å²) in [4.78, 5) is 11.4. The molecule has 0 bridgehead atoms. The van der Waals surface area contributed by atoms with Gasteiger partial charge in [-0.3, -0.25) is 10.2 Å².